The highest BCUT2D eigenvalue weighted by Crippen LogP contribution is 2.16. The minimum Gasteiger partial charge on any atom is -0.496 e. The van der Waals surface area contributed by atoms with Gasteiger partial charge in [-0.05, 0) is 23.8 Å². The molecule has 22 heavy (non-hydrogen) atoms. The van der Waals surface area contributed by atoms with E-state index in [2.05, 4.69) is 10.5 Å². The minimum atomic E-state index is -0.363. The molecule has 0 aliphatic carbocycles. The normalized spacial score (nSPS) is 11.5. The van der Waals surface area contributed by atoms with Gasteiger partial charge < -0.3 is 4.74 Å². The Morgan fingerprint density at radius 1 is 1.14 bits per heavy atom. The molecule has 0 spiro atoms. The van der Waals surface area contributed by atoms with Gasteiger partial charge in [-0.15, -0.1) is 0 Å². The van der Waals surface area contributed by atoms with E-state index in [0.29, 0.717) is 16.3 Å². The Hall–Kier alpha value is -2.59. The topological polar surface area (TPSA) is 50.7 Å². The van der Waals surface area contributed by atoms with Gasteiger partial charge in [0.2, 0.25) is 0 Å². The van der Waals surface area contributed by atoms with Crippen molar-refractivity contribution in [3.63, 3.8) is 0 Å². The van der Waals surface area contributed by atoms with E-state index in [1.807, 2.05) is 30.3 Å². The molecule has 2 aromatic rings. The number of hydrogen-bond acceptors (Lipinski definition) is 3. The number of ether oxygens (including phenoxy) is 1. The molecule has 5 heteroatoms. The molecule has 0 bridgehead atoms. The van der Waals surface area contributed by atoms with Gasteiger partial charge in [-0.1, -0.05) is 54.1 Å². The predicted molar refractivity (Wildman–Crippen MR) is 89.2 cm³/mol. The van der Waals surface area contributed by atoms with Gasteiger partial charge in [-0.25, -0.2) is 5.43 Å². The van der Waals surface area contributed by atoms with Gasteiger partial charge >= 0.3 is 0 Å². The van der Waals surface area contributed by atoms with E-state index in [9.17, 15) is 4.79 Å². The molecule has 2 aromatic carbocycles. The third-order valence-corrected chi connectivity index (χ3v) is 3.02. The fraction of sp³-hybridized carbons (Fsp3) is 0.0588. The third kappa shape index (κ3) is 4.46. The van der Waals surface area contributed by atoms with Crippen LogP contribution in [0.4, 0.5) is 0 Å². The van der Waals surface area contributed by atoms with Gasteiger partial charge in [-0.3, -0.25) is 4.79 Å². The molecule has 2 rings (SSSR count). The van der Waals surface area contributed by atoms with E-state index < -0.39 is 0 Å². The van der Waals surface area contributed by atoms with Crippen molar-refractivity contribution in [1.29, 1.82) is 0 Å². The first-order valence-electron chi connectivity index (χ1n) is 6.59. The Morgan fingerprint density at radius 2 is 1.82 bits per heavy atom. The number of para-hydroxylation sites is 1. The van der Waals surface area contributed by atoms with Crippen LogP contribution in [0.1, 0.15) is 15.9 Å². The summed E-state index contributed by atoms with van der Waals surface area (Å²) in [6, 6.07) is 16.5. The first kappa shape index (κ1) is 15.8. The largest absolute Gasteiger partial charge is 0.496 e. The van der Waals surface area contributed by atoms with Crippen molar-refractivity contribution in [2.24, 2.45) is 5.10 Å². The zero-order valence-corrected chi connectivity index (χ0v) is 12.7. The highest BCUT2D eigenvalue weighted by Gasteiger charge is 2.09. The minimum absolute atomic E-state index is 0.363. The van der Waals surface area contributed by atoms with Crippen molar-refractivity contribution in [3.05, 3.63) is 70.8 Å². The Bertz CT molecular complexity index is 697. The van der Waals surface area contributed by atoms with Gasteiger partial charge in [0.05, 0.1) is 23.9 Å². The van der Waals surface area contributed by atoms with Gasteiger partial charge in [0.25, 0.3) is 5.91 Å². The Kier molecular flexibility index (Phi) is 5.74. The van der Waals surface area contributed by atoms with E-state index in [1.165, 1.54) is 13.3 Å². The maximum Gasteiger partial charge on any atom is 0.275 e. The van der Waals surface area contributed by atoms with Gasteiger partial charge in [0.15, 0.2) is 0 Å². The molecule has 0 atom stereocenters. The molecule has 0 aromatic heterocycles. The lowest BCUT2D eigenvalue weighted by atomic mass is 10.2. The number of carbonyl (C=O) groups excluding carboxylic acids is 1. The molecule has 0 fully saturated rings. The molecule has 0 aliphatic rings. The Morgan fingerprint density at radius 3 is 2.55 bits per heavy atom. The second kappa shape index (κ2) is 8.00. The Labute approximate surface area is 134 Å². The highest BCUT2D eigenvalue weighted by molar-refractivity contribution is 6.41. The van der Waals surface area contributed by atoms with Gasteiger partial charge in [0.1, 0.15) is 5.75 Å². The molecule has 112 valence electrons. The van der Waals surface area contributed by atoms with Crippen molar-refractivity contribution in [3.8, 4) is 5.75 Å². The summed E-state index contributed by atoms with van der Waals surface area (Å²) in [6.07, 6.45) is 3.13. The van der Waals surface area contributed by atoms with Gasteiger partial charge in [-0.2, -0.15) is 5.10 Å². The smallest absolute Gasteiger partial charge is 0.275 e. The van der Waals surface area contributed by atoms with E-state index in [-0.39, 0.29) is 5.91 Å². The number of benzene rings is 2. The molecule has 0 unspecified atom stereocenters. The number of allylic oxidation sites excluding steroid dienone is 1. The zero-order chi connectivity index (χ0) is 15.8. The summed E-state index contributed by atoms with van der Waals surface area (Å²) in [7, 11) is 1.51. The molecule has 1 amide bonds. The monoisotopic (exact) mass is 314 g/mol. The molecule has 0 saturated carbocycles. The van der Waals surface area contributed by atoms with E-state index in [1.54, 1.807) is 30.3 Å². The van der Waals surface area contributed by atoms with Crippen LogP contribution in [0.15, 0.2) is 64.7 Å². The van der Waals surface area contributed by atoms with Crippen LogP contribution in [0.3, 0.4) is 0 Å². The maximum atomic E-state index is 12.0. The number of amides is 1. The molecule has 0 radical (unpaired) electrons. The number of rotatable bonds is 5. The molecular formula is C17H15ClN2O2. The van der Waals surface area contributed by atoms with Crippen molar-refractivity contribution in [1.82, 2.24) is 5.43 Å². The number of carbonyl (C=O) groups is 1. The van der Waals surface area contributed by atoms with Crippen molar-refractivity contribution in [2.75, 3.05) is 7.11 Å². The van der Waals surface area contributed by atoms with Crippen molar-refractivity contribution >= 4 is 29.8 Å². The summed E-state index contributed by atoms with van der Waals surface area (Å²) in [5.41, 5.74) is 3.78. The summed E-state index contributed by atoms with van der Waals surface area (Å²) in [4.78, 5) is 12.0. The zero-order valence-electron chi connectivity index (χ0n) is 12.0. The van der Waals surface area contributed by atoms with Crippen LogP contribution in [-0.2, 0) is 0 Å². The summed E-state index contributed by atoms with van der Waals surface area (Å²) >= 11 is 6.04. The van der Waals surface area contributed by atoms with Crippen LogP contribution < -0.4 is 10.2 Å². The third-order valence-electron chi connectivity index (χ3n) is 2.81. The number of nitrogens with one attached hydrogen (secondary N) is 1. The average molecular weight is 315 g/mol. The van der Waals surface area contributed by atoms with Crippen LogP contribution >= 0.6 is 11.6 Å². The van der Waals surface area contributed by atoms with Crippen LogP contribution in [0, 0.1) is 0 Å². The maximum absolute atomic E-state index is 12.0. The van der Waals surface area contributed by atoms with Crippen LogP contribution in [0.5, 0.6) is 5.75 Å². The molecule has 4 nitrogen and oxygen atoms in total. The fourth-order valence-corrected chi connectivity index (χ4v) is 1.97. The lowest BCUT2D eigenvalue weighted by Crippen LogP contribution is -2.18. The number of hydrogen-bond donors (Lipinski definition) is 1. The second-order valence-electron chi connectivity index (χ2n) is 4.34. The molecule has 0 aliphatic heterocycles. The number of halogens is 1. The van der Waals surface area contributed by atoms with Crippen LogP contribution in [0.25, 0.3) is 6.08 Å². The van der Waals surface area contributed by atoms with Gasteiger partial charge in [0, 0.05) is 0 Å². The first-order chi connectivity index (χ1) is 10.7. The Balaban J connectivity index is 2.00. The predicted octanol–water partition coefficient (Wildman–Crippen LogP) is 3.69. The standard InChI is InChI=1S/C17H15ClN2O2/c1-22-16-10-6-5-9-15(16)17(21)20-19-12-14(18)11-13-7-3-2-4-8-13/h2-12H,1H3,(H,20,21). The van der Waals surface area contributed by atoms with Crippen molar-refractivity contribution in [2.45, 2.75) is 0 Å². The molecular weight excluding hydrogens is 300 g/mol. The van der Waals surface area contributed by atoms with E-state index in [4.69, 9.17) is 16.3 Å². The summed E-state index contributed by atoms with van der Waals surface area (Å²) in [6.45, 7) is 0. The second-order valence-corrected chi connectivity index (χ2v) is 4.78. The van der Waals surface area contributed by atoms with Crippen molar-refractivity contribution < 1.29 is 9.53 Å². The summed E-state index contributed by atoms with van der Waals surface area (Å²) in [5, 5.41) is 4.25. The lowest BCUT2D eigenvalue weighted by molar-refractivity contribution is 0.0952. The summed E-state index contributed by atoms with van der Waals surface area (Å²) < 4.78 is 5.12. The summed E-state index contributed by atoms with van der Waals surface area (Å²) in [5.74, 6) is 0.124. The highest BCUT2D eigenvalue weighted by atomic mass is 35.5. The van der Waals surface area contributed by atoms with E-state index >= 15 is 0 Å². The number of methoxy groups -OCH3 is 1. The average Bonchev–Trinajstić information content (AvgIpc) is 2.55. The molecule has 0 heterocycles. The van der Waals surface area contributed by atoms with Crippen LogP contribution in [0.2, 0.25) is 0 Å². The fourth-order valence-electron chi connectivity index (χ4n) is 1.79. The lowest BCUT2D eigenvalue weighted by Gasteiger charge is -2.05. The number of nitrogens with zero attached hydrogens (tertiary/aromatic N) is 1. The number of hydrazone groups is 1. The van der Waals surface area contributed by atoms with Crippen LogP contribution in [-0.4, -0.2) is 19.2 Å². The molecule has 0 saturated heterocycles. The quantitative estimate of drug-likeness (QED) is 0.676. The SMILES string of the molecule is COc1ccccc1C(=O)NN=CC(Cl)=Cc1ccccc1. The molecule has 1 N–H and O–H groups in total. The first-order valence-corrected chi connectivity index (χ1v) is 6.97. The van der Waals surface area contributed by atoms with E-state index in [0.717, 1.165) is 5.56 Å².